The molecule has 13 heteroatoms. The molecule has 0 aromatic heterocycles. The van der Waals surface area contributed by atoms with Gasteiger partial charge in [-0.1, -0.05) is 23.2 Å². The van der Waals surface area contributed by atoms with Crippen LogP contribution >= 0.6 is 35.0 Å². The van der Waals surface area contributed by atoms with Gasteiger partial charge in [0.1, 0.15) is 5.82 Å². The van der Waals surface area contributed by atoms with Crippen molar-refractivity contribution in [3.63, 3.8) is 0 Å². The Labute approximate surface area is 205 Å². The molecule has 0 bridgehead atoms. The molecular weight excluding hydrogens is 522 g/mol. The zero-order valence-electron chi connectivity index (χ0n) is 17.4. The van der Waals surface area contributed by atoms with Gasteiger partial charge in [0.2, 0.25) is 10.0 Å². The Morgan fingerprint density at radius 3 is 2.21 bits per heavy atom. The number of anilines is 1. The van der Waals surface area contributed by atoms with E-state index in [1.165, 1.54) is 12.1 Å². The summed E-state index contributed by atoms with van der Waals surface area (Å²) in [5.41, 5.74) is 5.53. The lowest BCUT2D eigenvalue weighted by Crippen LogP contribution is -2.52. The van der Waals surface area contributed by atoms with E-state index in [2.05, 4.69) is 9.64 Å². The Morgan fingerprint density at radius 1 is 1.12 bits per heavy atom. The van der Waals surface area contributed by atoms with Gasteiger partial charge in [-0.25, -0.2) is 17.9 Å². The van der Waals surface area contributed by atoms with Gasteiger partial charge in [-0.3, -0.25) is 4.90 Å². The summed E-state index contributed by atoms with van der Waals surface area (Å²) >= 11 is 12.9. The summed E-state index contributed by atoms with van der Waals surface area (Å²) in [5.74, 6) is 0.767. The number of halogens is 5. The molecule has 0 atom stereocenters. The first-order valence-electron chi connectivity index (χ1n) is 9.77. The van der Waals surface area contributed by atoms with E-state index in [9.17, 15) is 21.6 Å². The van der Waals surface area contributed by atoms with Gasteiger partial charge in [0.15, 0.2) is 0 Å². The molecule has 4 N–H and O–H groups in total. The molecule has 0 saturated carbocycles. The average molecular weight is 546 g/mol. The SMILES string of the molecule is Fc1ccc(SCCCCN2CC(OC(F)F)C2)cc1.Nc1c(Cl)cc(S(N)(=O)=O)cc1Cl. The van der Waals surface area contributed by atoms with E-state index in [1.807, 2.05) is 0 Å². The lowest BCUT2D eigenvalue weighted by molar-refractivity contribution is -0.195. The van der Waals surface area contributed by atoms with Crippen LogP contribution in [-0.2, 0) is 14.8 Å². The average Bonchev–Trinajstić information content (AvgIpc) is 2.70. The fraction of sp³-hybridized carbons (Fsp3) is 0.400. The predicted octanol–water partition coefficient (Wildman–Crippen LogP) is 4.84. The molecule has 6 nitrogen and oxygen atoms in total. The monoisotopic (exact) mass is 545 g/mol. The van der Waals surface area contributed by atoms with Crippen LogP contribution in [0.3, 0.4) is 0 Å². The van der Waals surface area contributed by atoms with Crippen LogP contribution in [0.2, 0.25) is 10.0 Å². The standard InChI is InChI=1S/C14H18F3NOS.C6H6Cl2N2O2S/c15-11-3-5-13(6-4-11)20-8-2-1-7-18-9-12(10-18)19-14(16)17;7-4-1-3(13(10,11)12)2-5(8)6(4)9/h3-6,12,14H,1-2,7-10H2;1-2H,9H2,(H2,10,11,12). The third-order valence-electron chi connectivity index (χ3n) is 4.55. The molecule has 3 rings (SSSR count). The van der Waals surface area contributed by atoms with Crippen molar-refractivity contribution in [1.82, 2.24) is 4.90 Å². The summed E-state index contributed by atoms with van der Waals surface area (Å²) in [7, 11) is -3.79. The third kappa shape index (κ3) is 9.89. The maximum absolute atomic E-state index is 12.7. The molecule has 2 aromatic carbocycles. The predicted molar refractivity (Wildman–Crippen MR) is 126 cm³/mol. The second kappa shape index (κ2) is 13.0. The number of likely N-dealkylation sites (tertiary alicyclic amines) is 1. The quantitative estimate of drug-likeness (QED) is 0.265. The van der Waals surface area contributed by atoms with Crippen molar-refractivity contribution in [2.75, 3.05) is 31.1 Å². The second-order valence-electron chi connectivity index (χ2n) is 7.13. The lowest BCUT2D eigenvalue weighted by Gasteiger charge is -2.38. The van der Waals surface area contributed by atoms with Crippen molar-refractivity contribution < 1.29 is 26.3 Å². The van der Waals surface area contributed by atoms with Crippen molar-refractivity contribution in [2.45, 2.75) is 35.3 Å². The van der Waals surface area contributed by atoms with Gasteiger partial charge in [0, 0.05) is 18.0 Å². The summed E-state index contributed by atoms with van der Waals surface area (Å²) in [6, 6.07) is 8.79. The van der Waals surface area contributed by atoms with Crippen LogP contribution in [0.5, 0.6) is 0 Å². The first-order chi connectivity index (χ1) is 15.5. The minimum Gasteiger partial charge on any atom is -0.396 e. The Morgan fingerprint density at radius 2 is 1.70 bits per heavy atom. The van der Waals surface area contributed by atoms with E-state index in [4.69, 9.17) is 34.1 Å². The van der Waals surface area contributed by atoms with Crippen LogP contribution in [0.25, 0.3) is 0 Å². The minimum absolute atomic E-state index is 0.0662. The summed E-state index contributed by atoms with van der Waals surface area (Å²) in [6.07, 6.45) is 1.79. The number of ether oxygens (including phenoxy) is 1. The molecule has 1 fully saturated rings. The Hall–Kier alpha value is -1.21. The zero-order chi connectivity index (χ0) is 24.6. The van der Waals surface area contributed by atoms with E-state index in [1.54, 1.807) is 23.9 Å². The zero-order valence-corrected chi connectivity index (χ0v) is 20.5. The number of unbranched alkanes of at least 4 members (excludes halogenated alkanes) is 1. The molecule has 1 saturated heterocycles. The number of rotatable bonds is 9. The van der Waals surface area contributed by atoms with Gasteiger partial charge in [0.25, 0.3) is 0 Å². The maximum atomic E-state index is 12.7. The summed E-state index contributed by atoms with van der Waals surface area (Å²) in [4.78, 5) is 3.03. The van der Waals surface area contributed by atoms with Gasteiger partial charge >= 0.3 is 6.61 Å². The van der Waals surface area contributed by atoms with Crippen molar-refractivity contribution in [3.8, 4) is 0 Å². The fourth-order valence-electron chi connectivity index (χ4n) is 2.82. The molecule has 0 unspecified atom stereocenters. The Balaban J connectivity index is 0.000000257. The molecule has 1 heterocycles. The van der Waals surface area contributed by atoms with E-state index < -0.39 is 16.6 Å². The molecule has 0 radical (unpaired) electrons. The van der Waals surface area contributed by atoms with Gasteiger partial charge in [-0.15, -0.1) is 11.8 Å². The van der Waals surface area contributed by atoms with E-state index in [0.29, 0.717) is 13.1 Å². The van der Waals surface area contributed by atoms with Crippen molar-refractivity contribution in [3.05, 3.63) is 52.3 Å². The molecule has 0 aliphatic carbocycles. The number of benzene rings is 2. The molecule has 0 spiro atoms. The smallest absolute Gasteiger partial charge is 0.345 e. The molecular formula is C20H24Cl2F3N3O3S2. The number of nitrogens with two attached hydrogens (primary N) is 2. The van der Waals surface area contributed by atoms with Gasteiger partial charge in [-0.05, 0) is 61.5 Å². The third-order valence-corrected chi connectivity index (χ3v) is 7.17. The van der Waals surface area contributed by atoms with Crippen molar-refractivity contribution in [2.24, 2.45) is 5.14 Å². The molecule has 33 heavy (non-hydrogen) atoms. The number of nitrogen functional groups attached to an aromatic ring is 1. The minimum atomic E-state index is -3.79. The highest BCUT2D eigenvalue weighted by Crippen LogP contribution is 2.30. The number of alkyl halides is 2. The molecule has 1 aliphatic rings. The summed E-state index contributed by atoms with van der Waals surface area (Å²) in [5, 5.41) is 4.99. The fourth-order valence-corrected chi connectivity index (χ4v) is 4.91. The van der Waals surface area contributed by atoms with Crippen LogP contribution in [0.15, 0.2) is 46.2 Å². The molecule has 2 aromatic rings. The topological polar surface area (TPSA) is 98.7 Å². The normalized spacial score (nSPS) is 14.6. The van der Waals surface area contributed by atoms with Crippen LogP contribution < -0.4 is 10.9 Å². The van der Waals surface area contributed by atoms with Crippen molar-refractivity contribution >= 4 is 50.7 Å². The first kappa shape index (κ1) is 28.0. The molecule has 184 valence electrons. The highest BCUT2D eigenvalue weighted by atomic mass is 35.5. The van der Waals surface area contributed by atoms with Crippen LogP contribution in [0.4, 0.5) is 18.9 Å². The summed E-state index contributed by atoms with van der Waals surface area (Å²) < 4.78 is 62.7. The number of hydrogen-bond donors (Lipinski definition) is 2. The first-order valence-corrected chi connectivity index (χ1v) is 13.1. The number of thioether (sulfide) groups is 1. The van der Waals surface area contributed by atoms with E-state index in [-0.39, 0.29) is 32.5 Å². The Kier molecular flexibility index (Phi) is 11.1. The van der Waals surface area contributed by atoms with Crippen LogP contribution in [-0.4, -0.2) is 51.4 Å². The molecule has 0 amide bonds. The number of hydrogen-bond acceptors (Lipinski definition) is 6. The number of primary sulfonamides is 1. The van der Waals surface area contributed by atoms with Crippen LogP contribution in [0.1, 0.15) is 12.8 Å². The largest absolute Gasteiger partial charge is 0.396 e. The van der Waals surface area contributed by atoms with Crippen molar-refractivity contribution in [1.29, 1.82) is 0 Å². The van der Waals surface area contributed by atoms with Gasteiger partial charge in [-0.2, -0.15) is 8.78 Å². The van der Waals surface area contributed by atoms with Gasteiger partial charge < -0.3 is 10.5 Å². The highest BCUT2D eigenvalue weighted by molar-refractivity contribution is 7.99. The number of sulfonamides is 1. The highest BCUT2D eigenvalue weighted by Gasteiger charge is 2.29. The summed E-state index contributed by atoms with van der Waals surface area (Å²) in [6.45, 7) is -0.521. The lowest BCUT2D eigenvalue weighted by atomic mass is 10.1. The second-order valence-corrected chi connectivity index (χ2v) is 10.7. The van der Waals surface area contributed by atoms with Crippen LogP contribution in [0, 0.1) is 5.82 Å². The van der Waals surface area contributed by atoms with E-state index in [0.717, 1.165) is 42.2 Å². The molecule has 1 aliphatic heterocycles. The van der Waals surface area contributed by atoms with Gasteiger partial charge in [0.05, 0.1) is 26.7 Å². The maximum Gasteiger partial charge on any atom is 0.345 e. The number of nitrogens with zero attached hydrogens (tertiary/aromatic N) is 1. The van der Waals surface area contributed by atoms with E-state index >= 15 is 0 Å². The Bertz CT molecular complexity index is 986.